The van der Waals surface area contributed by atoms with E-state index in [1.807, 2.05) is 24.4 Å². The Balaban J connectivity index is 2.19. The first kappa shape index (κ1) is 8.84. The lowest BCUT2D eigenvalue weighted by atomic mass is 10.1. The predicted octanol–water partition coefficient (Wildman–Crippen LogP) is 1.86. The normalized spacial score (nSPS) is 10.5. The van der Waals surface area contributed by atoms with Gasteiger partial charge in [0.25, 0.3) is 0 Å². The summed E-state index contributed by atoms with van der Waals surface area (Å²) in [7, 11) is 0. The first-order chi connectivity index (χ1) is 7.95. The molecule has 0 atom stereocenters. The van der Waals surface area contributed by atoms with Gasteiger partial charge in [0.05, 0.1) is 11.4 Å². The molecule has 0 aliphatic rings. The summed E-state index contributed by atoms with van der Waals surface area (Å²) in [4.78, 5) is 4.13. The van der Waals surface area contributed by atoms with Gasteiger partial charge in [-0.1, -0.05) is 0 Å². The van der Waals surface area contributed by atoms with E-state index in [1.54, 1.807) is 18.6 Å². The second kappa shape index (κ2) is 3.62. The Hall–Kier alpha value is -2.43. The van der Waals surface area contributed by atoms with Crippen molar-refractivity contribution in [3.63, 3.8) is 0 Å². The van der Waals surface area contributed by atoms with E-state index in [0.29, 0.717) is 0 Å². The topological polar surface area (TPSA) is 70.2 Å². The Morgan fingerprint density at radius 1 is 0.750 bits per heavy atom. The lowest BCUT2D eigenvalue weighted by Gasteiger charge is -2.04. The molecule has 0 amide bonds. The molecule has 0 saturated heterocycles. The molecule has 0 aliphatic heterocycles. The lowest BCUT2D eigenvalue weighted by molar-refractivity contribution is 1.08. The molecular formula is C11H9N5. The molecule has 0 bridgehead atoms. The maximum absolute atomic E-state index is 4.13. The van der Waals surface area contributed by atoms with Crippen LogP contribution in [0.25, 0.3) is 22.5 Å². The number of aromatic amines is 2. The summed E-state index contributed by atoms with van der Waals surface area (Å²) in [6.45, 7) is 0. The zero-order chi connectivity index (χ0) is 10.8. The van der Waals surface area contributed by atoms with Crippen molar-refractivity contribution in [2.45, 2.75) is 0 Å². The largest absolute Gasteiger partial charge is 0.278 e. The van der Waals surface area contributed by atoms with Crippen molar-refractivity contribution in [1.29, 1.82) is 0 Å². The molecule has 3 aromatic rings. The molecule has 2 N–H and O–H groups in total. The van der Waals surface area contributed by atoms with E-state index in [-0.39, 0.29) is 0 Å². The number of nitrogens with zero attached hydrogens (tertiary/aromatic N) is 3. The van der Waals surface area contributed by atoms with Gasteiger partial charge in [-0.25, -0.2) is 0 Å². The van der Waals surface area contributed by atoms with E-state index in [1.165, 1.54) is 0 Å². The van der Waals surface area contributed by atoms with E-state index in [4.69, 9.17) is 0 Å². The van der Waals surface area contributed by atoms with E-state index in [2.05, 4.69) is 25.4 Å². The van der Waals surface area contributed by atoms with Crippen LogP contribution in [0.2, 0.25) is 0 Å². The summed E-state index contributed by atoms with van der Waals surface area (Å²) in [5.41, 5.74) is 3.96. The summed E-state index contributed by atoms with van der Waals surface area (Å²) in [5, 5.41) is 13.8. The number of pyridine rings is 1. The molecule has 0 radical (unpaired) electrons. The van der Waals surface area contributed by atoms with Crippen LogP contribution in [0.1, 0.15) is 0 Å². The Labute approximate surface area is 91.6 Å². The van der Waals surface area contributed by atoms with Gasteiger partial charge in [0, 0.05) is 35.9 Å². The molecule has 0 saturated carbocycles. The van der Waals surface area contributed by atoms with Gasteiger partial charge in [0.1, 0.15) is 0 Å². The number of rotatable bonds is 2. The number of hydrogen-bond donors (Lipinski definition) is 2. The van der Waals surface area contributed by atoms with Crippen molar-refractivity contribution in [1.82, 2.24) is 25.4 Å². The third-order valence-electron chi connectivity index (χ3n) is 2.40. The molecule has 0 unspecified atom stereocenters. The van der Waals surface area contributed by atoms with Crippen LogP contribution in [0.15, 0.2) is 43.0 Å². The van der Waals surface area contributed by atoms with Crippen LogP contribution in [-0.2, 0) is 0 Å². The molecule has 16 heavy (non-hydrogen) atoms. The van der Waals surface area contributed by atoms with E-state index >= 15 is 0 Å². The molecule has 3 aromatic heterocycles. The fraction of sp³-hybridized carbons (Fsp3) is 0. The monoisotopic (exact) mass is 211 g/mol. The summed E-state index contributed by atoms with van der Waals surface area (Å²) >= 11 is 0. The van der Waals surface area contributed by atoms with Crippen LogP contribution < -0.4 is 0 Å². The van der Waals surface area contributed by atoms with Crippen LogP contribution >= 0.6 is 0 Å². The molecule has 5 nitrogen and oxygen atoms in total. The summed E-state index contributed by atoms with van der Waals surface area (Å²) in [6.07, 6.45) is 7.02. The average molecular weight is 211 g/mol. The maximum atomic E-state index is 4.13. The van der Waals surface area contributed by atoms with E-state index in [9.17, 15) is 0 Å². The fourth-order valence-corrected chi connectivity index (χ4v) is 1.66. The standard InChI is InChI=1S/C11H9N5/c1-4-12-7-9(11-3-6-14-16-11)8(1)10-2-5-13-15-10/h1-7H,(H,13,15)(H,14,16). The fourth-order valence-electron chi connectivity index (χ4n) is 1.66. The Morgan fingerprint density at radius 3 is 2.06 bits per heavy atom. The van der Waals surface area contributed by atoms with E-state index in [0.717, 1.165) is 22.5 Å². The molecule has 5 heteroatoms. The van der Waals surface area contributed by atoms with Gasteiger partial charge in [-0.3, -0.25) is 15.2 Å². The second-order valence-corrected chi connectivity index (χ2v) is 3.36. The van der Waals surface area contributed by atoms with Gasteiger partial charge in [-0.05, 0) is 18.2 Å². The molecule has 3 rings (SSSR count). The van der Waals surface area contributed by atoms with Gasteiger partial charge in [0.2, 0.25) is 0 Å². The van der Waals surface area contributed by atoms with Gasteiger partial charge in [-0.15, -0.1) is 0 Å². The third-order valence-corrected chi connectivity index (χ3v) is 2.40. The average Bonchev–Trinajstić information content (AvgIpc) is 3.03. The molecule has 3 heterocycles. The van der Waals surface area contributed by atoms with Crippen LogP contribution in [0.4, 0.5) is 0 Å². The highest BCUT2D eigenvalue weighted by molar-refractivity contribution is 5.78. The zero-order valence-corrected chi connectivity index (χ0v) is 8.38. The highest BCUT2D eigenvalue weighted by Gasteiger charge is 2.08. The first-order valence-corrected chi connectivity index (χ1v) is 4.88. The number of nitrogens with one attached hydrogen (secondary N) is 2. The maximum Gasteiger partial charge on any atom is 0.0672 e. The van der Waals surface area contributed by atoms with Crippen LogP contribution in [0.5, 0.6) is 0 Å². The van der Waals surface area contributed by atoms with Crippen molar-refractivity contribution in [3.05, 3.63) is 43.0 Å². The number of H-pyrrole nitrogens is 2. The quantitative estimate of drug-likeness (QED) is 0.679. The van der Waals surface area contributed by atoms with Crippen LogP contribution in [0.3, 0.4) is 0 Å². The molecule has 0 aromatic carbocycles. The minimum absolute atomic E-state index is 0.942. The zero-order valence-electron chi connectivity index (χ0n) is 8.38. The van der Waals surface area contributed by atoms with Gasteiger partial charge in [0.15, 0.2) is 0 Å². The molecule has 0 fully saturated rings. The number of aromatic nitrogens is 5. The van der Waals surface area contributed by atoms with Crippen LogP contribution in [-0.4, -0.2) is 25.4 Å². The van der Waals surface area contributed by atoms with Gasteiger partial charge >= 0.3 is 0 Å². The highest BCUT2D eigenvalue weighted by Crippen LogP contribution is 2.27. The Bertz CT molecular complexity index is 515. The minimum atomic E-state index is 0.942. The van der Waals surface area contributed by atoms with Gasteiger partial charge in [-0.2, -0.15) is 10.2 Å². The molecule has 78 valence electrons. The smallest absolute Gasteiger partial charge is 0.0672 e. The SMILES string of the molecule is c1cc(-c2ccn[nH]2)c(-c2ccn[nH]2)cn1. The predicted molar refractivity (Wildman–Crippen MR) is 59.4 cm³/mol. The Morgan fingerprint density at radius 2 is 1.44 bits per heavy atom. The summed E-state index contributed by atoms with van der Waals surface area (Å²) in [6, 6.07) is 5.79. The molecular weight excluding hydrogens is 202 g/mol. The van der Waals surface area contributed by atoms with Crippen molar-refractivity contribution < 1.29 is 0 Å². The lowest BCUT2D eigenvalue weighted by Crippen LogP contribution is -1.87. The van der Waals surface area contributed by atoms with E-state index < -0.39 is 0 Å². The minimum Gasteiger partial charge on any atom is -0.278 e. The third kappa shape index (κ3) is 1.38. The summed E-state index contributed by atoms with van der Waals surface area (Å²) in [5.74, 6) is 0. The Kier molecular flexibility index (Phi) is 2.00. The molecule has 0 spiro atoms. The van der Waals surface area contributed by atoms with Crippen molar-refractivity contribution in [2.75, 3.05) is 0 Å². The van der Waals surface area contributed by atoms with Crippen molar-refractivity contribution >= 4 is 0 Å². The number of hydrogen-bond acceptors (Lipinski definition) is 3. The highest BCUT2D eigenvalue weighted by atomic mass is 15.1. The van der Waals surface area contributed by atoms with Crippen molar-refractivity contribution in [3.8, 4) is 22.5 Å². The summed E-state index contributed by atoms with van der Waals surface area (Å²) < 4.78 is 0. The van der Waals surface area contributed by atoms with Gasteiger partial charge < -0.3 is 0 Å². The van der Waals surface area contributed by atoms with Crippen LogP contribution in [0, 0.1) is 0 Å². The molecule has 0 aliphatic carbocycles. The first-order valence-electron chi connectivity index (χ1n) is 4.88. The second-order valence-electron chi connectivity index (χ2n) is 3.36. The van der Waals surface area contributed by atoms with Crippen molar-refractivity contribution in [2.24, 2.45) is 0 Å².